The highest BCUT2D eigenvalue weighted by atomic mass is 32.1. The first kappa shape index (κ1) is 28.5. The van der Waals surface area contributed by atoms with E-state index in [0.29, 0.717) is 42.4 Å². The number of carbonyl (C=O) groups is 3. The van der Waals surface area contributed by atoms with Crippen molar-refractivity contribution in [2.45, 2.75) is 104 Å². The van der Waals surface area contributed by atoms with Gasteiger partial charge in [-0.2, -0.15) is 0 Å². The highest BCUT2D eigenvalue weighted by Crippen LogP contribution is 2.41. The highest BCUT2D eigenvalue weighted by Gasteiger charge is 2.39. The van der Waals surface area contributed by atoms with Gasteiger partial charge >= 0.3 is 12.1 Å². The average molecular weight is 521 g/mol. The van der Waals surface area contributed by atoms with E-state index in [9.17, 15) is 14.4 Å². The number of ether oxygens (including phenoxy) is 2. The summed E-state index contributed by atoms with van der Waals surface area (Å²) in [6.07, 6.45) is 4.78. The SMILES string of the molecule is COC(=O)c1sc(C(C)(C)C)cc1N(C(=O)[C@H]1CC[C@H](C)CC1)C1CCN(C(=O)OC(C)(C)C)CC1. The van der Waals surface area contributed by atoms with E-state index in [0.717, 1.165) is 30.6 Å². The van der Waals surface area contributed by atoms with E-state index in [-0.39, 0.29) is 29.4 Å². The minimum absolute atomic E-state index is 0.0476. The van der Waals surface area contributed by atoms with Gasteiger partial charge in [-0.05, 0) is 76.7 Å². The van der Waals surface area contributed by atoms with Crippen LogP contribution in [0.5, 0.6) is 0 Å². The van der Waals surface area contributed by atoms with E-state index in [1.54, 1.807) is 4.90 Å². The number of thiophene rings is 1. The fourth-order valence-electron chi connectivity index (χ4n) is 5.00. The summed E-state index contributed by atoms with van der Waals surface area (Å²) in [6, 6.07) is 1.92. The van der Waals surface area contributed by atoms with Gasteiger partial charge in [0.25, 0.3) is 0 Å². The molecular weight excluding hydrogens is 476 g/mol. The van der Waals surface area contributed by atoms with Crippen molar-refractivity contribution < 1.29 is 23.9 Å². The lowest BCUT2D eigenvalue weighted by molar-refractivity contribution is -0.124. The van der Waals surface area contributed by atoms with Crippen molar-refractivity contribution in [2.75, 3.05) is 25.1 Å². The number of likely N-dealkylation sites (tertiary alicyclic amines) is 1. The summed E-state index contributed by atoms with van der Waals surface area (Å²) in [7, 11) is 1.39. The van der Waals surface area contributed by atoms with E-state index >= 15 is 0 Å². The Balaban J connectivity index is 1.93. The van der Waals surface area contributed by atoms with Crippen molar-refractivity contribution in [3.8, 4) is 0 Å². The van der Waals surface area contributed by atoms with E-state index in [2.05, 4.69) is 27.7 Å². The van der Waals surface area contributed by atoms with Gasteiger partial charge in [-0.25, -0.2) is 9.59 Å². The molecule has 3 rings (SSSR count). The van der Waals surface area contributed by atoms with Crippen LogP contribution in [0, 0.1) is 11.8 Å². The molecule has 0 spiro atoms. The van der Waals surface area contributed by atoms with Gasteiger partial charge in [0.1, 0.15) is 10.5 Å². The third-order valence-corrected chi connectivity index (χ3v) is 8.70. The Labute approximate surface area is 220 Å². The van der Waals surface area contributed by atoms with Crippen molar-refractivity contribution in [1.82, 2.24) is 4.90 Å². The van der Waals surface area contributed by atoms with Crippen LogP contribution in [0.1, 0.15) is 102 Å². The van der Waals surface area contributed by atoms with Crippen molar-refractivity contribution in [3.05, 3.63) is 15.8 Å². The Morgan fingerprint density at radius 3 is 2.06 bits per heavy atom. The maximum Gasteiger partial charge on any atom is 0.410 e. The third kappa shape index (κ3) is 6.81. The van der Waals surface area contributed by atoms with Gasteiger partial charge < -0.3 is 19.3 Å². The Hall–Kier alpha value is -2.09. The first-order valence-electron chi connectivity index (χ1n) is 13.2. The van der Waals surface area contributed by atoms with Crippen molar-refractivity contribution in [2.24, 2.45) is 11.8 Å². The largest absolute Gasteiger partial charge is 0.465 e. The number of nitrogens with zero attached hydrogens (tertiary/aromatic N) is 2. The molecule has 1 aliphatic heterocycles. The average Bonchev–Trinajstić information content (AvgIpc) is 3.24. The molecule has 202 valence electrons. The topological polar surface area (TPSA) is 76.2 Å². The number of carbonyl (C=O) groups excluding carboxylic acids is 3. The summed E-state index contributed by atoms with van der Waals surface area (Å²) in [4.78, 5) is 44.7. The molecule has 7 nitrogen and oxygen atoms in total. The summed E-state index contributed by atoms with van der Waals surface area (Å²) in [5.74, 6) is 0.278. The lowest BCUT2D eigenvalue weighted by Crippen LogP contribution is -2.51. The maximum atomic E-state index is 14.1. The van der Waals surface area contributed by atoms with Crippen LogP contribution in [0.2, 0.25) is 0 Å². The predicted octanol–water partition coefficient (Wildman–Crippen LogP) is 6.39. The molecule has 2 fully saturated rings. The van der Waals surface area contributed by atoms with Crippen LogP contribution < -0.4 is 4.90 Å². The van der Waals surface area contributed by atoms with Crippen LogP contribution in [-0.4, -0.2) is 54.7 Å². The normalized spacial score (nSPS) is 21.7. The minimum atomic E-state index is -0.552. The van der Waals surface area contributed by atoms with E-state index in [4.69, 9.17) is 9.47 Å². The van der Waals surface area contributed by atoms with Crippen LogP contribution in [0.3, 0.4) is 0 Å². The fraction of sp³-hybridized carbons (Fsp3) is 0.750. The molecule has 8 heteroatoms. The standard InChI is InChI=1S/C28H44N2O5S/c1-18-9-11-19(12-10-18)24(31)30(20-13-15-29(16-14-20)26(33)35-28(5,6)7)21-17-22(27(2,3)4)36-23(21)25(32)34-8/h17-20H,9-16H2,1-8H3/t18-,19-. The third-order valence-electron chi connectivity index (χ3n) is 7.17. The zero-order valence-corrected chi connectivity index (χ0v) is 24.1. The van der Waals surface area contributed by atoms with Gasteiger partial charge in [0.15, 0.2) is 0 Å². The monoisotopic (exact) mass is 520 g/mol. The van der Waals surface area contributed by atoms with E-state index in [1.807, 2.05) is 31.7 Å². The van der Waals surface area contributed by atoms with Crippen molar-refractivity contribution in [1.29, 1.82) is 0 Å². The Bertz CT molecular complexity index is 942. The number of methoxy groups -OCH3 is 1. The van der Waals surface area contributed by atoms with Gasteiger partial charge in [0.05, 0.1) is 12.8 Å². The minimum Gasteiger partial charge on any atom is -0.465 e. The molecule has 0 atom stereocenters. The maximum absolute atomic E-state index is 14.1. The molecule has 1 aromatic heterocycles. The van der Waals surface area contributed by atoms with Crippen LogP contribution in [0.25, 0.3) is 0 Å². The quantitative estimate of drug-likeness (QED) is 0.430. The summed E-state index contributed by atoms with van der Waals surface area (Å²) in [6.45, 7) is 15.2. The van der Waals surface area contributed by atoms with Gasteiger partial charge in [-0.15, -0.1) is 11.3 Å². The zero-order valence-electron chi connectivity index (χ0n) is 23.3. The first-order chi connectivity index (χ1) is 16.7. The Kier molecular flexibility index (Phi) is 8.79. The molecule has 0 radical (unpaired) electrons. The van der Waals surface area contributed by atoms with Crippen LogP contribution in [0.15, 0.2) is 6.07 Å². The van der Waals surface area contributed by atoms with E-state index in [1.165, 1.54) is 18.4 Å². The molecule has 0 N–H and O–H groups in total. The van der Waals surface area contributed by atoms with Crippen LogP contribution in [-0.2, 0) is 19.7 Å². The molecule has 0 aromatic carbocycles. The molecule has 2 aliphatic rings. The summed E-state index contributed by atoms with van der Waals surface area (Å²) < 4.78 is 10.7. The highest BCUT2D eigenvalue weighted by molar-refractivity contribution is 7.14. The number of esters is 1. The molecule has 0 unspecified atom stereocenters. The molecule has 1 saturated heterocycles. The molecular formula is C28H44N2O5S. The number of amides is 2. The molecule has 1 saturated carbocycles. The summed E-state index contributed by atoms with van der Waals surface area (Å²) in [5.41, 5.74) is -0.0549. The summed E-state index contributed by atoms with van der Waals surface area (Å²) in [5, 5.41) is 0. The number of anilines is 1. The lowest BCUT2D eigenvalue weighted by atomic mass is 9.82. The molecule has 1 aromatic rings. The number of hydrogen-bond donors (Lipinski definition) is 0. The number of piperidine rings is 1. The second-order valence-corrected chi connectivity index (χ2v) is 13.5. The Morgan fingerprint density at radius 1 is 0.972 bits per heavy atom. The van der Waals surface area contributed by atoms with E-state index < -0.39 is 11.6 Å². The number of rotatable bonds is 4. The van der Waals surface area contributed by atoms with Crippen LogP contribution >= 0.6 is 11.3 Å². The van der Waals surface area contributed by atoms with Crippen molar-refractivity contribution >= 4 is 35.0 Å². The second-order valence-electron chi connectivity index (χ2n) is 12.4. The molecule has 2 heterocycles. The second kappa shape index (κ2) is 11.1. The lowest BCUT2D eigenvalue weighted by Gasteiger charge is -2.40. The smallest absolute Gasteiger partial charge is 0.410 e. The predicted molar refractivity (Wildman–Crippen MR) is 144 cm³/mol. The molecule has 2 amide bonds. The number of hydrogen-bond acceptors (Lipinski definition) is 6. The van der Waals surface area contributed by atoms with Crippen molar-refractivity contribution in [3.63, 3.8) is 0 Å². The molecule has 0 bridgehead atoms. The first-order valence-corrected chi connectivity index (χ1v) is 14.1. The van der Waals surface area contributed by atoms with Gasteiger partial charge in [-0.3, -0.25) is 4.79 Å². The molecule has 1 aliphatic carbocycles. The van der Waals surface area contributed by atoms with Gasteiger partial charge in [0, 0.05) is 29.9 Å². The van der Waals surface area contributed by atoms with Crippen LogP contribution in [0.4, 0.5) is 10.5 Å². The molecule has 36 heavy (non-hydrogen) atoms. The van der Waals surface area contributed by atoms with Gasteiger partial charge in [0.2, 0.25) is 5.91 Å². The zero-order chi connectivity index (χ0) is 26.8. The summed E-state index contributed by atoms with van der Waals surface area (Å²) >= 11 is 1.41. The Morgan fingerprint density at radius 2 is 1.56 bits per heavy atom. The van der Waals surface area contributed by atoms with Gasteiger partial charge in [-0.1, -0.05) is 27.7 Å². The fourth-order valence-corrected chi connectivity index (χ4v) is 6.13.